The number of hydrogen-bond acceptors (Lipinski definition) is 7. The molecule has 1 fully saturated rings. The Morgan fingerprint density at radius 1 is 1.31 bits per heavy atom. The van der Waals surface area contributed by atoms with Crippen molar-refractivity contribution in [3.05, 3.63) is 23.8 Å². The van der Waals surface area contributed by atoms with Crippen molar-refractivity contribution in [2.45, 2.75) is 19.4 Å². The van der Waals surface area contributed by atoms with E-state index in [2.05, 4.69) is 4.90 Å². The molecule has 2 aliphatic heterocycles. The van der Waals surface area contributed by atoms with Crippen molar-refractivity contribution in [3.63, 3.8) is 0 Å². The minimum atomic E-state index is -0.652. The van der Waals surface area contributed by atoms with E-state index in [-0.39, 0.29) is 19.2 Å². The molecule has 0 unspecified atom stereocenters. The van der Waals surface area contributed by atoms with Crippen LogP contribution in [0.25, 0.3) is 0 Å². The van der Waals surface area contributed by atoms with Gasteiger partial charge in [0.05, 0.1) is 12.8 Å². The molecular weight excluding hydrogens is 340 g/mol. The van der Waals surface area contributed by atoms with Crippen molar-refractivity contribution in [2.75, 3.05) is 46.9 Å². The van der Waals surface area contributed by atoms with E-state index >= 15 is 0 Å². The maximum Gasteiger partial charge on any atom is 0.410 e. The highest BCUT2D eigenvalue weighted by Crippen LogP contribution is 2.32. The van der Waals surface area contributed by atoms with Gasteiger partial charge < -0.3 is 23.8 Å². The number of ether oxygens (including phenoxy) is 4. The van der Waals surface area contributed by atoms with Crippen LogP contribution in [0.15, 0.2) is 18.2 Å². The van der Waals surface area contributed by atoms with Gasteiger partial charge in [0.15, 0.2) is 17.3 Å². The van der Waals surface area contributed by atoms with E-state index in [1.165, 1.54) is 4.90 Å². The Morgan fingerprint density at radius 2 is 2.12 bits per heavy atom. The molecule has 1 saturated heterocycles. The number of hydrogen-bond donors (Lipinski definition) is 0. The van der Waals surface area contributed by atoms with Gasteiger partial charge in [0.2, 0.25) is 6.79 Å². The first-order chi connectivity index (χ1) is 12.6. The van der Waals surface area contributed by atoms with E-state index in [0.29, 0.717) is 30.3 Å². The predicted molar refractivity (Wildman–Crippen MR) is 92.5 cm³/mol. The number of carbonyl (C=O) groups is 2. The van der Waals surface area contributed by atoms with Crippen LogP contribution in [-0.4, -0.2) is 74.6 Å². The summed E-state index contributed by atoms with van der Waals surface area (Å²) in [5, 5.41) is 0. The third kappa shape index (κ3) is 4.25. The second-order valence-electron chi connectivity index (χ2n) is 6.34. The Morgan fingerprint density at radius 3 is 2.88 bits per heavy atom. The van der Waals surface area contributed by atoms with E-state index in [1.54, 1.807) is 32.2 Å². The highest BCUT2D eigenvalue weighted by atomic mass is 16.7. The number of Topliss-reactive ketones (excluding diaryl/α,β-unsaturated/α-hetero) is 1. The molecule has 8 heteroatoms. The van der Waals surface area contributed by atoms with Gasteiger partial charge in [-0.15, -0.1) is 0 Å². The molecule has 142 valence electrons. The zero-order valence-electron chi connectivity index (χ0n) is 15.1. The first-order valence-electron chi connectivity index (χ1n) is 8.70. The average molecular weight is 364 g/mol. The van der Waals surface area contributed by atoms with E-state index in [9.17, 15) is 9.59 Å². The monoisotopic (exact) mass is 364 g/mol. The third-order valence-corrected chi connectivity index (χ3v) is 4.58. The molecular formula is C18H24N2O6. The fourth-order valence-electron chi connectivity index (χ4n) is 2.81. The van der Waals surface area contributed by atoms with Crippen molar-refractivity contribution >= 4 is 11.9 Å². The molecule has 0 radical (unpaired) electrons. The summed E-state index contributed by atoms with van der Waals surface area (Å²) in [6.45, 7) is 4.97. The van der Waals surface area contributed by atoms with Gasteiger partial charge in [-0.05, 0) is 31.5 Å². The lowest BCUT2D eigenvalue weighted by Gasteiger charge is -2.27. The maximum absolute atomic E-state index is 12.6. The summed E-state index contributed by atoms with van der Waals surface area (Å²) in [6, 6.07) is 4.35. The predicted octanol–water partition coefficient (Wildman–Crippen LogP) is 1.73. The largest absolute Gasteiger partial charge is 0.454 e. The summed E-state index contributed by atoms with van der Waals surface area (Å²) in [5.74, 6) is 0.966. The van der Waals surface area contributed by atoms with Crippen LogP contribution < -0.4 is 9.47 Å². The number of amides is 1. The van der Waals surface area contributed by atoms with Gasteiger partial charge in [-0.3, -0.25) is 9.69 Å². The fraction of sp³-hybridized carbons (Fsp3) is 0.556. The summed E-state index contributed by atoms with van der Waals surface area (Å²) in [5.41, 5.74) is 0.465. The van der Waals surface area contributed by atoms with Gasteiger partial charge in [-0.25, -0.2) is 4.79 Å². The Kier molecular flexibility index (Phi) is 5.95. The zero-order chi connectivity index (χ0) is 18.5. The molecule has 1 amide bonds. The van der Waals surface area contributed by atoms with Gasteiger partial charge in [0.1, 0.15) is 6.61 Å². The van der Waals surface area contributed by atoms with Crippen molar-refractivity contribution < 1.29 is 28.5 Å². The summed E-state index contributed by atoms with van der Waals surface area (Å²) in [7, 11) is 1.56. The van der Waals surface area contributed by atoms with Crippen molar-refractivity contribution in [1.29, 1.82) is 0 Å². The van der Waals surface area contributed by atoms with Crippen LogP contribution in [0.2, 0.25) is 0 Å². The van der Waals surface area contributed by atoms with E-state index < -0.39 is 12.1 Å². The molecule has 0 saturated carbocycles. The van der Waals surface area contributed by atoms with Crippen LogP contribution in [0, 0.1) is 0 Å². The second kappa shape index (κ2) is 8.37. The molecule has 0 aromatic heterocycles. The Hall–Kier alpha value is -2.32. The number of nitrogens with zero attached hydrogens (tertiary/aromatic N) is 2. The molecule has 3 rings (SSSR count). The molecule has 0 bridgehead atoms. The molecule has 8 nitrogen and oxygen atoms in total. The second-order valence-corrected chi connectivity index (χ2v) is 6.34. The minimum Gasteiger partial charge on any atom is -0.454 e. The van der Waals surface area contributed by atoms with Gasteiger partial charge in [-0.2, -0.15) is 0 Å². The number of ketones is 1. The van der Waals surface area contributed by atoms with Gasteiger partial charge in [-0.1, -0.05) is 0 Å². The van der Waals surface area contributed by atoms with Crippen LogP contribution in [0.5, 0.6) is 11.5 Å². The van der Waals surface area contributed by atoms with E-state index in [0.717, 1.165) is 19.6 Å². The van der Waals surface area contributed by atoms with Gasteiger partial charge in [0, 0.05) is 32.3 Å². The van der Waals surface area contributed by atoms with Crippen LogP contribution in [0.4, 0.5) is 4.79 Å². The SMILES string of the molecule is C[C@H](C(=O)c1ccc2c(c1)OCO2)N(C)C(=O)OCCN1CCCOC1. The van der Waals surface area contributed by atoms with E-state index in [4.69, 9.17) is 18.9 Å². The lowest BCUT2D eigenvalue weighted by Crippen LogP contribution is -2.42. The molecule has 26 heavy (non-hydrogen) atoms. The minimum absolute atomic E-state index is 0.150. The van der Waals surface area contributed by atoms with Gasteiger partial charge in [0.25, 0.3) is 0 Å². The fourth-order valence-corrected chi connectivity index (χ4v) is 2.81. The van der Waals surface area contributed by atoms with Crippen LogP contribution >= 0.6 is 0 Å². The van der Waals surface area contributed by atoms with Crippen molar-refractivity contribution in [2.24, 2.45) is 0 Å². The maximum atomic E-state index is 12.6. The summed E-state index contributed by atoms with van der Waals surface area (Å²) in [4.78, 5) is 28.2. The van der Waals surface area contributed by atoms with Crippen LogP contribution in [0.3, 0.4) is 0 Å². The summed E-state index contributed by atoms with van der Waals surface area (Å²) in [6.07, 6.45) is 0.457. The highest BCUT2D eigenvalue weighted by Gasteiger charge is 2.26. The Labute approximate surface area is 152 Å². The summed E-state index contributed by atoms with van der Waals surface area (Å²) < 4.78 is 21.2. The first-order valence-corrected chi connectivity index (χ1v) is 8.70. The number of benzene rings is 1. The molecule has 0 N–H and O–H groups in total. The molecule has 2 heterocycles. The summed E-state index contributed by atoms with van der Waals surface area (Å²) >= 11 is 0. The number of carbonyl (C=O) groups excluding carboxylic acids is 2. The first kappa shape index (κ1) is 18.5. The number of rotatable bonds is 6. The topological polar surface area (TPSA) is 77.5 Å². The molecule has 1 aromatic carbocycles. The molecule has 1 atom stereocenters. The third-order valence-electron chi connectivity index (χ3n) is 4.58. The molecule has 0 aliphatic carbocycles. The quantitative estimate of drug-likeness (QED) is 0.712. The standard InChI is InChI=1S/C18H24N2O6/c1-13(17(21)14-4-5-15-16(10-14)26-12-25-15)19(2)18(22)24-9-7-20-6-3-8-23-11-20/h4-5,10,13H,3,6-9,11-12H2,1-2H3/t13-/m1/s1. The van der Waals surface area contributed by atoms with Crippen LogP contribution in [-0.2, 0) is 9.47 Å². The smallest absolute Gasteiger partial charge is 0.410 e. The zero-order valence-corrected chi connectivity index (χ0v) is 15.1. The van der Waals surface area contributed by atoms with E-state index in [1.807, 2.05) is 0 Å². The van der Waals surface area contributed by atoms with Crippen molar-refractivity contribution in [3.8, 4) is 11.5 Å². The molecule has 2 aliphatic rings. The number of fused-ring (bicyclic) bond motifs is 1. The molecule has 1 aromatic rings. The highest BCUT2D eigenvalue weighted by molar-refractivity contribution is 6.01. The van der Waals surface area contributed by atoms with Gasteiger partial charge >= 0.3 is 6.09 Å². The lowest BCUT2D eigenvalue weighted by atomic mass is 10.0. The average Bonchev–Trinajstić information content (AvgIpc) is 3.14. The lowest BCUT2D eigenvalue weighted by molar-refractivity contribution is -0.0224. The normalized spacial score (nSPS) is 17.6. The molecule has 0 spiro atoms. The Bertz CT molecular complexity index is 659. The Balaban J connectivity index is 1.50. The number of likely N-dealkylation sites (N-methyl/N-ethyl adjacent to an activating group) is 1. The van der Waals surface area contributed by atoms with Crippen molar-refractivity contribution in [1.82, 2.24) is 9.80 Å². The van der Waals surface area contributed by atoms with Crippen LogP contribution in [0.1, 0.15) is 23.7 Å².